The summed E-state index contributed by atoms with van der Waals surface area (Å²) < 4.78 is 4.48. The first-order chi connectivity index (χ1) is 13.8. The normalized spacial score (nSPS) is 14.3. The van der Waals surface area contributed by atoms with E-state index in [1.165, 1.54) is 11.1 Å². The Kier molecular flexibility index (Phi) is 5.15. The van der Waals surface area contributed by atoms with E-state index in [-0.39, 0.29) is 0 Å². The highest BCUT2D eigenvalue weighted by molar-refractivity contribution is 5.76. The highest BCUT2D eigenvalue weighted by Gasteiger charge is 2.17. The number of hydrogen-bond acceptors (Lipinski definition) is 3. The first kappa shape index (κ1) is 19.6. The second-order valence-corrected chi connectivity index (χ2v) is 8.86. The van der Waals surface area contributed by atoms with Crippen LogP contribution in [-0.4, -0.2) is 24.1 Å². The largest absolute Gasteiger partial charge is 0.328 e. The lowest BCUT2D eigenvalue weighted by atomic mass is 9.94. The van der Waals surface area contributed by atoms with E-state index < -0.39 is 0 Å². The third-order valence-corrected chi connectivity index (χ3v) is 5.93. The molecule has 0 aliphatic heterocycles. The molecule has 29 heavy (non-hydrogen) atoms. The van der Waals surface area contributed by atoms with Crippen LogP contribution in [0.3, 0.4) is 0 Å². The van der Waals surface area contributed by atoms with Crippen molar-refractivity contribution in [2.24, 2.45) is 0 Å². The summed E-state index contributed by atoms with van der Waals surface area (Å²) in [6.45, 7) is 13.3. The smallest absolute Gasteiger partial charge is 0.160 e. The maximum atomic E-state index is 4.89. The molecule has 0 aliphatic carbocycles. The summed E-state index contributed by atoms with van der Waals surface area (Å²) in [4.78, 5) is 14.0. The van der Waals surface area contributed by atoms with E-state index >= 15 is 0 Å². The molecular formula is C24H31N5. The van der Waals surface area contributed by atoms with Gasteiger partial charge < -0.3 is 9.13 Å². The van der Waals surface area contributed by atoms with E-state index in [0.29, 0.717) is 23.9 Å². The van der Waals surface area contributed by atoms with Crippen molar-refractivity contribution in [1.29, 1.82) is 0 Å². The minimum absolute atomic E-state index is 0.315. The first-order valence-electron chi connectivity index (χ1n) is 10.6. The number of aromatic nitrogens is 5. The first-order valence-corrected chi connectivity index (χ1v) is 10.6. The van der Waals surface area contributed by atoms with Crippen molar-refractivity contribution in [3.8, 4) is 0 Å². The van der Waals surface area contributed by atoms with Crippen LogP contribution in [-0.2, 0) is 0 Å². The molecule has 0 N–H and O–H groups in total. The van der Waals surface area contributed by atoms with Gasteiger partial charge in [0.1, 0.15) is 5.52 Å². The van der Waals surface area contributed by atoms with E-state index in [0.717, 1.165) is 28.8 Å². The second kappa shape index (κ2) is 7.62. The predicted octanol–water partition coefficient (Wildman–Crippen LogP) is 6.24. The van der Waals surface area contributed by atoms with Gasteiger partial charge in [-0.3, -0.25) is 0 Å². The molecule has 4 aromatic rings. The lowest BCUT2D eigenvalue weighted by molar-refractivity contribution is 0.474. The molecule has 0 bridgehead atoms. The summed E-state index contributed by atoms with van der Waals surface area (Å²) in [5.74, 6) is 0.838. The number of nitrogens with zero attached hydrogens (tertiary/aromatic N) is 5. The van der Waals surface area contributed by atoms with Gasteiger partial charge in [0.15, 0.2) is 5.65 Å². The lowest BCUT2D eigenvalue weighted by Gasteiger charge is -2.20. The van der Waals surface area contributed by atoms with Crippen LogP contribution in [0.25, 0.3) is 22.2 Å². The van der Waals surface area contributed by atoms with Crippen molar-refractivity contribution in [1.82, 2.24) is 24.1 Å². The molecule has 1 aromatic carbocycles. The molecule has 2 atom stereocenters. The summed E-state index contributed by atoms with van der Waals surface area (Å²) in [5.41, 5.74) is 6.71. The molecule has 0 radical (unpaired) electrons. The van der Waals surface area contributed by atoms with E-state index in [2.05, 4.69) is 91.0 Å². The van der Waals surface area contributed by atoms with Crippen molar-refractivity contribution in [3.05, 3.63) is 54.2 Å². The number of hydrogen-bond donors (Lipinski definition) is 0. The fraction of sp³-hybridized carbons (Fsp3) is 0.458. The zero-order valence-electron chi connectivity index (χ0n) is 18.3. The third-order valence-electron chi connectivity index (χ3n) is 5.93. The molecule has 0 fully saturated rings. The molecular weight excluding hydrogens is 358 g/mol. The molecule has 0 aliphatic rings. The van der Waals surface area contributed by atoms with Crippen LogP contribution >= 0.6 is 0 Å². The molecule has 3 heterocycles. The highest BCUT2D eigenvalue weighted by Crippen LogP contribution is 2.30. The van der Waals surface area contributed by atoms with Gasteiger partial charge >= 0.3 is 0 Å². The monoisotopic (exact) mass is 389 g/mol. The van der Waals surface area contributed by atoms with Crippen molar-refractivity contribution in [2.75, 3.05) is 0 Å². The third kappa shape index (κ3) is 3.66. The van der Waals surface area contributed by atoms with Gasteiger partial charge in [-0.05, 0) is 68.9 Å². The second-order valence-electron chi connectivity index (χ2n) is 8.86. The number of imidazole rings is 2. The van der Waals surface area contributed by atoms with Gasteiger partial charge in [-0.1, -0.05) is 26.8 Å². The van der Waals surface area contributed by atoms with Gasteiger partial charge in [-0.25, -0.2) is 15.0 Å². The maximum Gasteiger partial charge on any atom is 0.160 e. The number of rotatable bonds is 6. The van der Waals surface area contributed by atoms with Crippen LogP contribution in [0.2, 0.25) is 0 Å². The van der Waals surface area contributed by atoms with Crippen LogP contribution < -0.4 is 0 Å². The number of pyridine rings is 1. The molecule has 5 heteroatoms. The number of fused-ring (bicyclic) bond motifs is 2. The highest BCUT2D eigenvalue weighted by atomic mass is 15.1. The lowest BCUT2D eigenvalue weighted by Crippen LogP contribution is -2.09. The summed E-state index contributed by atoms with van der Waals surface area (Å²) in [6.07, 6.45) is 4.92. The standard InChI is InChI=1S/C24H31N5/c1-15(2)20-9-10-22-24(27-20)29(14-26-22)18(6)11-17(5)19-7-8-21-23(12-19)28(13-25-21)16(3)4/h7-10,12-18H,11H2,1-6H3. The summed E-state index contributed by atoms with van der Waals surface area (Å²) in [6, 6.07) is 11.6. The van der Waals surface area contributed by atoms with Crippen molar-refractivity contribution >= 4 is 22.2 Å². The number of benzene rings is 1. The van der Waals surface area contributed by atoms with Crippen molar-refractivity contribution < 1.29 is 0 Å². The Bertz CT molecular complexity index is 1130. The topological polar surface area (TPSA) is 48.5 Å². The molecule has 5 nitrogen and oxygen atoms in total. The Hall–Kier alpha value is -2.69. The Balaban J connectivity index is 1.60. The molecule has 0 spiro atoms. The van der Waals surface area contributed by atoms with Crippen molar-refractivity contribution in [3.63, 3.8) is 0 Å². The van der Waals surface area contributed by atoms with Crippen LogP contribution in [0, 0.1) is 0 Å². The molecule has 3 aromatic heterocycles. The van der Waals surface area contributed by atoms with E-state index in [9.17, 15) is 0 Å². The quantitative estimate of drug-likeness (QED) is 0.392. The van der Waals surface area contributed by atoms with E-state index in [1.54, 1.807) is 0 Å². The SMILES string of the molecule is CC(C)c1ccc2ncn(C(C)CC(C)c3ccc4ncn(C(C)C)c4c3)c2n1. The Labute approximate surface area is 172 Å². The van der Waals surface area contributed by atoms with E-state index in [1.807, 2.05) is 12.7 Å². The zero-order valence-corrected chi connectivity index (χ0v) is 18.3. The Morgan fingerprint density at radius 3 is 2.24 bits per heavy atom. The van der Waals surface area contributed by atoms with Gasteiger partial charge in [-0.15, -0.1) is 0 Å². The van der Waals surface area contributed by atoms with Gasteiger partial charge in [0.05, 0.1) is 23.7 Å². The average Bonchev–Trinajstić information content (AvgIpc) is 3.30. The fourth-order valence-corrected chi connectivity index (χ4v) is 4.09. The van der Waals surface area contributed by atoms with Crippen molar-refractivity contribution in [2.45, 2.75) is 71.9 Å². The van der Waals surface area contributed by atoms with Gasteiger partial charge in [0, 0.05) is 17.8 Å². The summed E-state index contributed by atoms with van der Waals surface area (Å²) in [7, 11) is 0. The minimum atomic E-state index is 0.315. The predicted molar refractivity (Wildman–Crippen MR) is 119 cm³/mol. The average molecular weight is 390 g/mol. The van der Waals surface area contributed by atoms with Gasteiger partial charge in [-0.2, -0.15) is 0 Å². The summed E-state index contributed by atoms with van der Waals surface area (Å²) in [5, 5.41) is 0. The van der Waals surface area contributed by atoms with Crippen LogP contribution in [0.4, 0.5) is 0 Å². The van der Waals surface area contributed by atoms with Crippen LogP contribution in [0.5, 0.6) is 0 Å². The molecule has 0 saturated carbocycles. The van der Waals surface area contributed by atoms with Gasteiger partial charge in [0.25, 0.3) is 0 Å². The minimum Gasteiger partial charge on any atom is -0.328 e. The molecule has 2 unspecified atom stereocenters. The maximum absolute atomic E-state index is 4.89. The molecule has 0 saturated heterocycles. The Morgan fingerprint density at radius 2 is 1.52 bits per heavy atom. The molecule has 0 amide bonds. The van der Waals surface area contributed by atoms with Crippen LogP contribution in [0.1, 0.15) is 83.1 Å². The Morgan fingerprint density at radius 1 is 0.828 bits per heavy atom. The fourth-order valence-electron chi connectivity index (χ4n) is 4.09. The van der Waals surface area contributed by atoms with E-state index in [4.69, 9.17) is 4.98 Å². The molecule has 4 rings (SSSR count). The van der Waals surface area contributed by atoms with Gasteiger partial charge in [0.2, 0.25) is 0 Å². The zero-order chi connectivity index (χ0) is 20.7. The molecule has 152 valence electrons. The van der Waals surface area contributed by atoms with Crippen LogP contribution in [0.15, 0.2) is 43.0 Å². The summed E-state index contributed by atoms with van der Waals surface area (Å²) >= 11 is 0.